The Kier molecular flexibility index (Phi) is 6.60. The first-order valence-electron chi connectivity index (χ1n) is 12.1. The van der Waals surface area contributed by atoms with Gasteiger partial charge in [-0.05, 0) is 55.7 Å². The van der Waals surface area contributed by atoms with E-state index in [1.54, 1.807) is 36.3 Å². The first-order valence-corrected chi connectivity index (χ1v) is 12.1. The van der Waals surface area contributed by atoms with Crippen molar-refractivity contribution in [2.45, 2.75) is 38.5 Å². The van der Waals surface area contributed by atoms with Crippen LogP contribution in [0.3, 0.4) is 0 Å². The zero-order valence-electron chi connectivity index (χ0n) is 20.8. The van der Waals surface area contributed by atoms with Gasteiger partial charge in [0, 0.05) is 42.2 Å². The molecule has 1 aromatic heterocycles. The smallest absolute Gasteiger partial charge is 0.460 e. The molecule has 0 spiro atoms. The van der Waals surface area contributed by atoms with Crippen LogP contribution in [0.5, 0.6) is 5.75 Å². The standard InChI is InChI=1S/C29H25F3N2O4/c1-17-8-3-5-10-20(17)33-28(36)19-16-34(2)21-11-7-12-22(35)27(21)26(19)25-15-14-23(37-25)18-9-4-6-13-24(18)38-29(30,31)32/h3-6,8-10,13-16,26H,7,11-12H2,1-2H3,(H,33,36). The highest BCUT2D eigenvalue weighted by atomic mass is 19.4. The summed E-state index contributed by atoms with van der Waals surface area (Å²) in [5.74, 6) is -1.31. The van der Waals surface area contributed by atoms with Crippen LogP contribution in [0.15, 0.2) is 88.1 Å². The number of alkyl halides is 3. The second-order valence-corrected chi connectivity index (χ2v) is 9.28. The molecule has 1 atom stereocenters. The first-order chi connectivity index (χ1) is 18.1. The Bertz CT molecular complexity index is 1470. The van der Waals surface area contributed by atoms with E-state index in [2.05, 4.69) is 10.1 Å². The third-order valence-corrected chi connectivity index (χ3v) is 6.73. The summed E-state index contributed by atoms with van der Waals surface area (Å²) in [6.45, 7) is 1.87. The first kappa shape index (κ1) is 25.4. The van der Waals surface area contributed by atoms with E-state index < -0.39 is 23.9 Å². The fourth-order valence-corrected chi connectivity index (χ4v) is 4.99. The molecule has 9 heteroatoms. The molecule has 2 aliphatic rings. The minimum atomic E-state index is -4.88. The quantitative estimate of drug-likeness (QED) is 0.403. The van der Waals surface area contributed by atoms with Gasteiger partial charge < -0.3 is 19.4 Å². The summed E-state index contributed by atoms with van der Waals surface area (Å²) in [5.41, 5.74) is 3.17. The molecule has 1 aliphatic heterocycles. The number of furan rings is 1. The van der Waals surface area contributed by atoms with Gasteiger partial charge in [0.25, 0.3) is 5.91 Å². The second kappa shape index (κ2) is 9.89. The van der Waals surface area contributed by atoms with Crippen molar-refractivity contribution in [3.63, 3.8) is 0 Å². The SMILES string of the molecule is Cc1ccccc1NC(=O)C1=CN(C)C2=C(C(=O)CCC2)C1c1ccc(-c2ccccc2OC(F)(F)F)o1. The third-order valence-electron chi connectivity index (χ3n) is 6.73. The molecule has 2 heterocycles. The molecule has 0 saturated carbocycles. The van der Waals surface area contributed by atoms with Gasteiger partial charge in [-0.2, -0.15) is 0 Å². The molecule has 3 aromatic rings. The van der Waals surface area contributed by atoms with Gasteiger partial charge in [0.15, 0.2) is 5.78 Å². The van der Waals surface area contributed by atoms with Crippen molar-refractivity contribution in [3.05, 3.63) is 95.0 Å². The van der Waals surface area contributed by atoms with Crippen molar-refractivity contribution in [1.82, 2.24) is 4.90 Å². The number of carbonyl (C=O) groups excluding carboxylic acids is 2. The molecular weight excluding hydrogens is 497 g/mol. The number of rotatable bonds is 5. The molecule has 0 saturated heterocycles. The number of benzene rings is 2. The van der Waals surface area contributed by atoms with E-state index in [4.69, 9.17) is 4.42 Å². The average Bonchev–Trinajstić information content (AvgIpc) is 3.35. The van der Waals surface area contributed by atoms with Gasteiger partial charge in [-0.15, -0.1) is 13.2 Å². The highest BCUT2D eigenvalue weighted by molar-refractivity contribution is 6.09. The van der Waals surface area contributed by atoms with Crippen molar-refractivity contribution in [2.24, 2.45) is 0 Å². The lowest BCUT2D eigenvalue weighted by Gasteiger charge is -2.35. The van der Waals surface area contributed by atoms with Crippen LogP contribution < -0.4 is 10.1 Å². The molecule has 5 rings (SSSR count). The maximum Gasteiger partial charge on any atom is 0.573 e. The van der Waals surface area contributed by atoms with E-state index in [-0.39, 0.29) is 22.9 Å². The molecule has 0 fully saturated rings. The predicted molar refractivity (Wildman–Crippen MR) is 135 cm³/mol. The summed E-state index contributed by atoms with van der Waals surface area (Å²) >= 11 is 0. The third kappa shape index (κ3) is 4.96. The topological polar surface area (TPSA) is 71.8 Å². The number of ether oxygens (including phenoxy) is 1. The van der Waals surface area contributed by atoms with E-state index in [1.807, 2.05) is 25.1 Å². The van der Waals surface area contributed by atoms with Crippen LogP contribution in [0.1, 0.15) is 36.5 Å². The van der Waals surface area contributed by atoms with Gasteiger partial charge in [0.05, 0.1) is 11.5 Å². The fraction of sp³-hybridized carbons (Fsp3) is 0.241. The summed E-state index contributed by atoms with van der Waals surface area (Å²) in [5, 5.41) is 2.93. The lowest BCUT2D eigenvalue weighted by atomic mass is 9.78. The fourth-order valence-electron chi connectivity index (χ4n) is 4.99. The molecule has 0 bridgehead atoms. The Morgan fingerprint density at radius 2 is 1.79 bits per heavy atom. The average molecular weight is 523 g/mol. The summed E-state index contributed by atoms with van der Waals surface area (Å²) < 4.78 is 49.2. The molecule has 38 heavy (non-hydrogen) atoms. The number of para-hydroxylation sites is 2. The number of hydrogen-bond donors (Lipinski definition) is 1. The monoisotopic (exact) mass is 522 g/mol. The van der Waals surface area contributed by atoms with Crippen LogP contribution in [0.4, 0.5) is 18.9 Å². The minimum absolute atomic E-state index is 0.0869. The van der Waals surface area contributed by atoms with Crippen LogP contribution in [0.2, 0.25) is 0 Å². The van der Waals surface area contributed by atoms with Crippen molar-refractivity contribution in [1.29, 1.82) is 0 Å². The molecular formula is C29H25F3N2O4. The van der Waals surface area contributed by atoms with E-state index in [0.29, 0.717) is 36.1 Å². The van der Waals surface area contributed by atoms with Gasteiger partial charge in [-0.3, -0.25) is 9.59 Å². The number of halogens is 3. The van der Waals surface area contributed by atoms with Crippen LogP contribution in [0, 0.1) is 6.92 Å². The summed E-state index contributed by atoms with van der Waals surface area (Å²) in [4.78, 5) is 28.6. The van der Waals surface area contributed by atoms with Gasteiger partial charge in [-0.1, -0.05) is 30.3 Å². The maximum atomic E-state index is 13.6. The number of anilines is 1. The van der Waals surface area contributed by atoms with Crippen molar-refractivity contribution in [3.8, 4) is 17.1 Å². The van der Waals surface area contributed by atoms with E-state index in [0.717, 1.165) is 11.3 Å². The Labute approximate surface area is 217 Å². The summed E-state index contributed by atoms with van der Waals surface area (Å²) in [7, 11) is 1.80. The number of ketones is 1. The lowest BCUT2D eigenvalue weighted by Crippen LogP contribution is -2.33. The molecule has 1 aliphatic carbocycles. The van der Waals surface area contributed by atoms with Crippen molar-refractivity contribution in [2.75, 3.05) is 12.4 Å². The number of aryl methyl sites for hydroxylation is 1. The van der Waals surface area contributed by atoms with Gasteiger partial charge in [-0.25, -0.2) is 0 Å². The predicted octanol–water partition coefficient (Wildman–Crippen LogP) is 6.71. The van der Waals surface area contributed by atoms with E-state index in [1.165, 1.54) is 24.3 Å². The number of nitrogens with zero attached hydrogens (tertiary/aromatic N) is 1. The number of nitrogens with one attached hydrogen (secondary N) is 1. The van der Waals surface area contributed by atoms with Crippen LogP contribution >= 0.6 is 0 Å². The number of allylic oxidation sites excluding steroid dienone is 2. The molecule has 2 aromatic carbocycles. The molecule has 1 amide bonds. The zero-order chi connectivity index (χ0) is 27.0. The Hall–Kier alpha value is -4.27. The Morgan fingerprint density at radius 1 is 1.05 bits per heavy atom. The van der Waals surface area contributed by atoms with Crippen LogP contribution in [-0.4, -0.2) is 30.0 Å². The second-order valence-electron chi connectivity index (χ2n) is 9.28. The van der Waals surface area contributed by atoms with Gasteiger partial charge in [0.1, 0.15) is 17.3 Å². The van der Waals surface area contributed by atoms with Crippen LogP contribution in [0.25, 0.3) is 11.3 Å². The highest BCUT2D eigenvalue weighted by Crippen LogP contribution is 2.45. The molecule has 1 unspecified atom stereocenters. The Balaban J connectivity index is 1.57. The van der Waals surface area contributed by atoms with E-state index in [9.17, 15) is 22.8 Å². The zero-order valence-corrected chi connectivity index (χ0v) is 20.8. The van der Waals surface area contributed by atoms with E-state index >= 15 is 0 Å². The molecule has 196 valence electrons. The summed E-state index contributed by atoms with van der Waals surface area (Å²) in [6, 6.07) is 16.1. The highest BCUT2D eigenvalue weighted by Gasteiger charge is 2.40. The maximum absolute atomic E-state index is 13.6. The van der Waals surface area contributed by atoms with Crippen molar-refractivity contribution < 1.29 is 31.9 Å². The largest absolute Gasteiger partial charge is 0.573 e. The van der Waals surface area contributed by atoms with Gasteiger partial charge in [0.2, 0.25) is 0 Å². The molecule has 0 radical (unpaired) electrons. The number of hydrogen-bond acceptors (Lipinski definition) is 5. The minimum Gasteiger partial charge on any atom is -0.460 e. The number of carbonyl (C=O) groups is 2. The number of amides is 1. The van der Waals surface area contributed by atoms with Crippen LogP contribution in [-0.2, 0) is 9.59 Å². The molecule has 1 N–H and O–H groups in total. The summed E-state index contributed by atoms with van der Waals surface area (Å²) in [6.07, 6.45) is -1.49. The normalized spacial score (nSPS) is 17.7. The Morgan fingerprint density at radius 3 is 2.55 bits per heavy atom. The van der Waals surface area contributed by atoms with Crippen molar-refractivity contribution >= 4 is 17.4 Å². The molecule has 6 nitrogen and oxygen atoms in total. The number of Topliss-reactive ketones (excluding diaryl/α,β-unsaturated/α-hetero) is 1. The van der Waals surface area contributed by atoms with Gasteiger partial charge >= 0.3 is 6.36 Å². The lowest BCUT2D eigenvalue weighted by molar-refractivity contribution is -0.274.